The van der Waals surface area contributed by atoms with Crippen molar-refractivity contribution in [1.29, 1.82) is 0 Å². The Hall–Kier alpha value is -2.18. The Morgan fingerprint density at radius 2 is 2.15 bits per heavy atom. The number of carbonyl (C=O) groups is 1. The monoisotopic (exact) mass is 367 g/mol. The third kappa shape index (κ3) is 5.68. The molecule has 4 nitrogen and oxygen atoms in total. The molecule has 0 radical (unpaired) electrons. The van der Waals surface area contributed by atoms with Gasteiger partial charge in [-0.25, -0.2) is 9.98 Å². The molecule has 1 fully saturated rings. The normalized spacial score (nSPS) is 16.3. The van der Waals surface area contributed by atoms with Crippen LogP contribution >= 0.6 is 0 Å². The van der Waals surface area contributed by atoms with Crippen molar-refractivity contribution < 1.29 is 18.0 Å². The molecule has 1 aliphatic carbocycles. The van der Waals surface area contributed by atoms with E-state index in [9.17, 15) is 18.0 Å². The van der Waals surface area contributed by atoms with E-state index in [-0.39, 0.29) is 17.5 Å². The second-order valence-electron chi connectivity index (χ2n) is 6.37. The zero-order valence-corrected chi connectivity index (χ0v) is 15.1. The van der Waals surface area contributed by atoms with E-state index in [2.05, 4.69) is 15.3 Å². The molecule has 0 atom stereocenters. The maximum absolute atomic E-state index is 12.4. The van der Waals surface area contributed by atoms with Crippen molar-refractivity contribution in [2.45, 2.75) is 52.1 Å². The number of Topliss-reactive ketones (excluding diaryl/α,β-unsaturated/α-hetero) is 1. The van der Waals surface area contributed by atoms with Crippen molar-refractivity contribution in [2.75, 3.05) is 11.9 Å². The number of carbonyl (C=O) groups excluding carboxylic acids is 1. The molecule has 1 aromatic heterocycles. The molecule has 0 aliphatic heterocycles. The number of aromatic nitrogens is 1. The molecule has 1 heterocycles. The molecule has 1 saturated carbocycles. The van der Waals surface area contributed by atoms with Crippen molar-refractivity contribution in [3.05, 3.63) is 35.7 Å². The van der Waals surface area contributed by atoms with Gasteiger partial charge in [-0.15, -0.1) is 0 Å². The number of nitrogens with one attached hydrogen (secondary N) is 1. The van der Waals surface area contributed by atoms with Crippen molar-refractivity contribution in [1.82, 2.24) is 4.98 Å². The molecule has 0 spiro atoms. The van der Waals surface area contributed by atoms with Gasteiger partial charge >= 0.3 is 6.18 Å². The van der Waals surface area contributed by atoms with Gasteiger partial charge in [0.25, 0.3) is 0 Å². The lowest BCUT2D eigenvalue weighted by molar-refractivity contribution is -0.116. The van der Waals surface area contributed by atoms with Crippen LogP contribution in [0.15, 0.2) is 35.1 Å². The second-order valence-corrected chi connectivity index (χ2v) is 6.37. The minimum atomic E-state index is -4.31. The first-order valence-corrected chi connectivity index (χ1v) is 8.89. The average Bonchev–Trinajstić information content (AvgIpc) is 2.54. The van der Waals surface area contributed by atoms with Crippen LogP contribution in [0.25, 0.3) is 0 Å². The Bertz CT molecular complexity index is 692. The Kier molecular flexibility index (Phi) is 6.94. The quantitative estimate of drug-likeness (QED) is 0.524. The van der Waals surface area contributed by atoms with Crippen LogP contribution < -0.4 is 5.32 Å². The molecule has 26 heavy (non-hydrogen) atoms. The van der Waals surface area contributed by atoms with E-state index < -0.39 is 12.7 Å². The van der Waals surface area contributed by atoms with Crippen molar-refractivity contribution in [2.24, 2.45) is 10.9 Å². The number of pyridine rings is 1. The van der Waals surface area contributed by atoms with Crippen LogP contribution in [0.5, 0.6) is 0 Å². The summed E-state index contributed by atoms with van der Waals surface area (Å²) in [5.74, 6) is 0.349. The molecule has 0 amide bonds. The van der Waals surface area contributed by atoms with E-state index in [1.807, 2.05) is 6.92 Å². The number of aliphatic imine (C=N–C) groups is 1. The number of rotatable bonds is 8. The lowest BCUT2D eigenvalue weighted by atomic mass is 9.79. The predicted molar refractivity (Wildman–Crippen MR) is 96.3 cm³/mol. The fourth-order valence-corrected chi connectivity index (χ4v) is 2.72. The van der Waals surface area contributed by atoms with Crippen LogP contribution in [0.2, 0.25) is 0 Å². The van der Waals surface area contributed by atoms with E-state index in [1.165, 1.54) is 6.20 Å². The van der Waals surface area contributed by atoms with Gasteiger partial charge in [0.15, 0.2) is 5.78 Å². The summed E-state index contributed by atoms with van der Waals surface area (Å²) in [7, 11) is 0. The first-order chi connectivity index (χ1) is 12.3. The average molecular weight is 367 g/mol. The Balaban J connectivity index is 2.29. The maximum atomic E-state index is 12.4. The fraction of sp³-hybridized carbons (Fsp3) is 0.526. The molecule has 1 aromatic rings. The Morgan fingerprint density at radius 3 is 2.69 bits per heavy atom. The van der Waals surface area contributed by atoms with Crippen molar-refractivity contribution >= 4 is 17.3 Å². The molecule has 0 aromatic carbocycles. The van der Waals surface area contributed by atoms with Crippen LogP contribution in [-0.2, 0) is 4.79 Å². The summed E-state index contributed by atoms with van der Waals surface area (Å²) in [6.45, 7) is 2.56. The number of hydrogen-bond acceptors (Lipinski definition) is 4. The molecule has 0 unspecified atom stereocenters. The van der Waals surface area contributed by atoms with E-state index >= 15 is 0 Å². The van der Waals surface area contributed by atoms with Crippen LogP contribution in [-0.4, -0.2) is 29.2 Å². The molecule has 1 N–H and O–H groups in total. The molecule has 0 bridgehead atoms. The predicted octanol–water partition coefficient (Wildman–Crippen LogP) is 4.92. The number of alkyl halides is 3. The van der Waals surface area contributed by atoms with Gasteiger partial charge in [-0.2, -0.15) is 13.2 Å². The van der Waals surface area contributed by atoms with E-state index in [0.29, 0.717) is 17.7 Å². The lowest BCUT2D eigenvalue weighted by Crippen LogP contribution is -2.25. The standard InChI is InChI=1S/C19H24F3N3O/c1-3-6-16(26)15(4-2)25-18(13-7-5-8-13)14-9-10-23-17(11-14)24-12-19(20,21)22/h4,9-11,13H,3,5-8,12H2,1-2H3,(H,23,24)/b15-4-,25-18?. The van der Waals surface area contributed by atoms with E-state index in [1.54, 1.807) is 25.1 Å². The number of nitrogens with zero attached hydrogens (tertiary/aromatic N) is 2. The van der Waals surface area contributed by atoms with Crippen molar-refractivity contribution in [3.63, 3.8) is 0 Å². The number of halogens is 3. The van der Waals surface area contributed by atoms with E-state index in [0.717, 1.165) is 31.4 Å². The highest BCUT2D eigenvalue weighted by atomic mass is 19.4. The molecular weight excluding hydrogens is 343 g/mol. The van der Waals surface area contributed by atoms with Gasteiger partial charge in [0.05, 0.1) is 5.71 Å². The number of anilines is 1. The highest BCUT2D eigenvalue weighted by molar-refractivity contribution is 6.07. The Morgan fingerprint density at radius 1 is 1.42 bits per heavy atom. The van der Waals surface area contributed by atoms with Gasteiger partial charge in [-0.3, -0.25) is 4.79 Å². The summed E-state index contributed by atoms with van der Waals surface area (Å²) in [6.07, 6.45) is 3.03. The SMILES string of the molecule is C/C=C(\N=C(c1ccnc(NCC(F)(F)F)c1)C1CCC1)C(=O)CCC. The van der Waals surface area contributed by atoms with Gasteiger partial charge in [0.1, 0.15) is 18.1 Å². The van der Waals surface area contributed by atoms with Gasteiger partial charge in [-0.05, 0) is 38.3 Å². The van der Waals surface area contributed by atoms with Crippen molar-refractivity contribution in [3.8, 4) is 0 Å². The lowest BCUT2D eigenvalue weighted by Gasteiger charge is -2.27. The smallest absolute Gasteiger partial charge is 0.361 e. The number of allylic oxidation sites excluding steroid dienone is 2. The third-order valence-electron chi connectivity index (χ3n) is 4.29. The minimum Gasteiger partial charge on any atom is -0.361 e. The summed E-state index contributed by atoms with van der Waals surface area (Å²) >= 11 is 0. The number of hydrogen-bond donors (Lipinski definition) is 1. The van der Waals surface area contributed by atoms with E-state index in [4.69, 9.17) is 0 Å². The second kappa shape index (κ2) is 8.96. The highest BCUT2D eigenvalue weighted by Crippen LogP contribution is 2.32. The summed E-state index contributed by atoms with van der Waals surface area (Å²) in [5, 5.41) is 2.29. The molecular formula is C19H24F3N3O. The summed E-state index contributed by atoms with van der Waals surface area (Å²) in [5.41, 5.74) is 1.87. The third-order valence-corrected chi connectivity index (χ3v) is 4.29. The van der Waals surface area contributed by atoms with Crippen LogP contribution in [0.1, 0.15) is 51.5 Å². The van der Waals surface area contributed by atoms with Crippen LogP contribution in [0, 0.1) is 5.92 Å². The summed E-state index contributed by atoms with van der Waals surface area (Å²) < 4.78 is 37.2. The highest BCUT2D eigenvalue weighted by Gasteiger charge is 2.28. The first-order valence-electron chi connectivity index (χ1n) is 8.89. The molecule has 2 rings (SSSR count). The molecule has 1 aliphatic rings. The zero-order valence-electron chi connectivity index (χ0n) is 15.1. The van der Waals surface area contributed by atoms with Gasteiger partial charge in [0, 0.05) is 24.1 Å². The fourth-order valence-electron chi connectivity index (χ4n) is 2.72. The van der Waals surface area contributed by atoms with Gasteiger partial charge in [0.2, 0.25) is 0 Å². The minimum absolute atomic E-state index is 0.0173. The molecule has 142 valence electrons. The van der Waals surface area contributed by atoms with Gasteiger partial charge < -0.3 is 5.32 Å². The molecule has 0 saturated heterocycles. The van der Waals surface area contributed by atoms with Gasteiger partial charge in [-0.1, -0.05) is 19.4 Å². The Labute approximate surface area is 151 Å². The first kappa shape index (κ1) is 20.1. The molecule has 7 heteroatoms. The van der Waals surface area contributed by atoms with Crippen LogP contribution in [0.3, 0.4) is 0 Å². The zero-order chi connectivity index (χ0) is 19.2. The van der Waals surface area contributed by atoms with Crippen LogP contribution in [0.4, 0.5) is 19.0 Å². The topological polar surface area (TPSA) is 54.4 Å². The summed E-state index contributed by atoms with van der Waals surface area (Å²) in [6, 6.07) is 3.30. The maximum Gasteiger partial charge on any atom is 0.405 e. The summed E-state index contributed by atoms with van der Waals surface area (Å²) in [4.78, 5) is 20.8. The number of ketones is 1. The largest absolute Gasteiger partial charge is 0.405 e.